The van der Waals surface area contributed by atoms with Gasteiger partial charge in [-0.1, -0.05) is 57.5 Å². The van der Waals surface area contributed by atoms with Crippen molar-refractivity contribution in [2.45, 2.75) is 53.2 Å². The largest absolute Gasteiger partial charge is 0.462 e. The molecule has 20 heavy (non-hydrogen) atoms. The third-order valence-corrected chi connectivity index (χ3v) is 3.40. The Morgan fingerprint density at radius 3 is 2.15 bits per heavy atom. The van der Waals surface area contributed by atoms with Gasteiger partial charge in [0.25, 0.3) is 0 Å². The van der Waals surface area contributed by atoms with Gasteiger partial charge in [0.1, 0.15) is 6.10 Å². The highest BCUT2D eigenvalue weighted by molar-refractivity contribution is 5.71. The summed E-state index contributed by atoms with van der Waals surface area (Å²) < 4.78 is 5.49. The van der Waals surface area contributed by atoms with E-state index >= 15 is 0 Å². The number of hydrogen-bond acceptors (Lipinski definition) is 3. The van der Waals surface area contributed by atoms with Crippen LogP contribution in [0.1, 0.15) is 51.3 Å². The minimum atomic E-state index is -0.608. The van der Waals surface area contributed by atoms with Gasteiger partial charge >= 0.3 is 5.97 Å². The Morgan fingerprint density at radius 1 is 1.15 bits per heavy atom. The number of hydrogen-bond donors (Lipinski definition) is 1. The van der Waals surface area contributed by atoms with Crippen molar-refractivity contribution >= 4 is 5.97 Å². The first kappa shape index (κ1) is 16.7. The lowest BCUT2D eigenvalue weighted by Gasteiger charge is -2.25. The predicted molar refractivity (Wildman–Crippen MR) is 80.3 cm³/mol. The fourth-order valence-corrected chi connectivity index (χ4v) is 1.89. The van der Waals surface area contributed by atoms with E-state index in [0.717, 1.165) is 11.1 Å². The maximum atomic E-state index is 11.7. The first-order valence-corrected chi connectivity index (χ1v) is 7.26. The molecule has 0 saturated carbocycles. The van der Waals surface area contributed by atoms with Crippen LogP contribution in [-0.4, -0.2) is 17.2 Å². The van der Waals surface area contributed by atoms with E-state index in [-0.39, 0.29) is 23.9 Å². The summed E-state index contributed by atoms with van der Waals surface area (Å²) in [6.07, 6.45) is -0.441. The summed E-state index contributed by atoms with van der Waals surface area (Å²) in [7, 11) is 0. The lowest BCUT2D eigenvalue weighted by atomic mass is 9.96. The maximum absolute atomic E-state index is 11.7. The summed E-state index contributed by atoms with van der Waals surface area (Å²) in [6, 6.07) is 7.79. The third-order valence-electron chi connectivity index (χ3n) is 3.40. The molecule has 0 fully saturated rings. The topological polar surface area (TPSA) is 46.5 Å². The van der Waals surface area contributed by atoms with Crippen LogP contribution in [-0.2, 0) is 9.53 Å². The number of aryl methyl sites for hydroxylation is 1. The van der Waals surface area contributed by atoms with E-state index in [1.807, 2.05) is 58.9 Å². The Labute approximate surface area is 122 Å². The second-order valence-electron chi connectivity index (χ2n) is 6.04. The first-order valence-electron chi connectivity index (χ1n) is 7.26. The van der Waals surface area contributed by atoms with Crippen LogP contribution in [0.15, 0.2) is 24.3 Å². The van der Waals surface area contributed by atoms with Crippen LogP contribution >= 0.6 is 0 Å². The van der Waals surface area contributed by atoms with Crippen LogP contribution in [0, 0.1) is 18.8 Å². The molecule has 0 radical (unpaired) electrons. The first-order chi connectivity index (χ1) is 9.31. The van der Waals surface area contributed by atoms with E-state index in [0.29, 0.717) is 6.42 Å². The van der Waals surface area contributed by atoms with E-state index in [1.54, 1.807) is 0 Å². The van der Waals surface area contributed by atoms with Crippen molar-refractivity contribution in [3.05, 3.63) is 35.4 Å². The van der Waals surface area contributed by atoms with Gasteiger partial charge in [-0.3, -0.25) is 4.79 Å². The number of rotatable bonds is 6. The third kappa shape index (κ3) is 4.97. The minimum Gasteiger partial charge on any atom is -0.462 e. The van der Waals surface area contributed by atoms with Gasteiger partial charge in [-0.05, 0) is 18.4 Å². The molecule has 112 valence electrons. The Kier molecular flexibility index (Phi) is 6.21. The highest BCUT2D eigenvalue weighted by Gasteiger charge is 2.24. The van der Waals surface area contributed by atoms with Crippen molar-refractivity contribution in [2.24, 2.45) is 11.8 Å². The van der Waals surface area contributed by atoms with Crippen molar-refractivity contribution in [3.63, 3.8) is 0 Å². The Morgan fingerprint density at radius 2 is 1.70 bits per heavy atom. The second-order valence-corrected chi connectivity index (χ2v) is 6.04. The quantitative estimate of drug-likeness (QED) is 0.808. The highest BCUT2D eigenvalue weighted by Crippen LogP contribution is 2.24. The summed E-state index contributed by atoms with van der Waals surface area (Å²) in [6.45, 7) is 9.64. The molecule has 0 aliphatic rings. The van der Waals surface area contributed by atoms with Crippen molar-refractivity contribution in [1.82, 2.24) is 0 Å². The zero-order valence-electron chi connectivity index (χ0n) is 13.1. The number of ether oxygens (including phenoxy) is 1. The summed E-state index contributed by atoms with van der Waals surface area (Å²) in [5.74, 6) is -0.176. The summed E-state index contributed by atoms with van der Waals surface area (Å²) in [4.78, 5) is 11.7. The van der Waals surface area contributed by atoms with Crippen LogP contribution in [0.3, 0.4) is 0 Å². The van der Waals surface area contributed by atoms with E-state index < -0.39 is 6.10 Å². The molecule has 3 nitrogen and oxygen atoms in total. The van der Waals surface area contributed by atoms with Crippen LogP contribution in [0.2, 0.25) is 0 Å². The van der Waals surface area contributed by atoms with Gasteiger partial charge < -0.3 is 9.84 Å². The van der Waals surface area contributed by atoms with Crippen molar-refractivity contribution in [3.8, 4) is 0 Å². The SMILES string of the molecule is Cc1ccc([C@@H](O)C[C@H](OC(=O)C(C)C)C(C)C)cc1. The van der Waals surface area contributed by atoms with Gasteiger partial charge in [0.2, 0.25) is 0 Å². The molecular formula is C17H26O3. The molecule has 0 aliphatic heterocycles. The smallest absolute Gasteiger partial charge is 0.308 e. The number of carbonyl (C=O) groups excluding carboxylic acids is 1. The fraction of sp³-hybridized carbons (Fsp3) is 0.588. The van der Waals surface area contributed by atoms with Crippen LogP contribution < -0.4 is 0 Å². The molecule has 1 rings (SSSR count). The number of benzene rings is 1. The highest BCUT2D eigenvalue weighted by atomic mass is 16.5. The van der Waals surface area contributed by atoms with Gasteiger partial charge in [-0.25, -0.2) is 0 Å². The van der Waals surface area contributed by atoms with Gasteiger partial charge in [0.15, 0.2) is 0 Å². The van der Waals surface area contributed by atoms with E-state index in [4.69, 9.17) is 4.74 Å². The summed E-state index contributed by atoms with van der Waals surface area (Å²) in [5, 5.41) is 10.3. The second kappa shape index (κ2) is 7.44. The summed E-state index contributed by atoms with van der Waals surface area (Å²) >= 11 is 0. The Bertz CT molecular complexity index is 420. The Hall–Kier alpha value is -1.35. The normalized spacial score (nSPS) is 14.4. The molecule has 0 unspecified atom stereocenters. The number of esters is 1. The molecule has 0 heterocycles. The van der Waals surface area contributed by atoms with E-state index in [9.17, 15) is 9.90 Å². The van der Waals surface area contributed by atoms with Gasteiger partial charge in [-0.15, -0.1) is 0 Å². The number of aliphatic hydroxyl groups is 1. The monoisotopic (exact) mass is 278 g/mol. The van der Waals surface area contributed by atoms with Crippen LogP contribution in [0.25, 0.3) is 0 Å². The van der Waals surface area contributed by atoms with E-state index in [2.05, 4.69) is 0 Å². The van der Waals surface area contributed by atoms with Crippen LogP contribution in [0.4, 0.5) is 0 Å². The molecule has 1 aromatic rings. The van der Waals surface area contributed by atoms with Crippen molar-refractivity contribution in [1.29, 1.82) is 0 Å². The zero-order valence-corrected chi connectivity index (χ0v) is 13.1. The molecule has 0 spiro atoms. The molecule has 1 aromatic carbocycles. The van der Waals surface area contributed by atoms with Crippen molar-refractivity contribution < 1.29 is 14.6 Å². The zero-order chi connectivity index (χ0) is 15.3. The average Bonchev–Trinajstić information content (AvgIpc) is 2.38. The molecule has 0 aliphatic carbocycles. The maximum Gasteiger partial charge on any atom is 0.308 e. The van der Waals surface area contributed by atoms with Crippen molar-refractivity contribution in [2.75, 3.05) is 0 Å². The van der Waals surface area contributed by atoms with E-state index in [1.165, 1.54) is 0 Å². The molecule has 0 aromatic heterocycles. The molecule has 3 heteroatoms. The summed E-state index contributed by atoms with van der Waals surface area (Å²) in [5.41, 5.74) is 2.02. The number of aliphatic hydroxyl groups excluding tert-OH is 1. The van der Waals surface area contributed by atoms with Gasteiger partial charge in [-0.2, -0.15) is 0 Å². The van der Waals surface area contributed by atoms with Gasteiger partial charge in [0, 0.05) is 6.42 Å². The molecule has 0 bridgehead atoms. The van der Waals surface area contributed by atoms with Gasteiger partial charge in [0.05, 0.1) is 12.0 Å². The van der Waals surface area contributed by atoms with Crippen LogP contribution in [0.5, 0.6) is 0 Å². The fourth-order valence-electron chi connectivity index (χ4n) is 1.89. The Balaban J connectivity index is 2.70. The predicted octanol–water partition coefficient (Wildman–Crippen LogP) is 3.64. The molecule has 2 atom stereocenters. The number of carbonyl (C=O) groups is 1. The molecular weight excluding hydrogens is 252 g/mol. The lowest BCUT2D eigenvalue weighted by Crippen LogP contribution is -2.28. The molecule has 0 saturated heterocycles. The standard InChI is InChI=1S/C17H26O3/c1-11(2)16(20-17(19)12(3)4)10-15(18)14-8-6-13(5)7-9-14/h6-9,11-12,15-16,18H,10H2,1-5H3/t15-,16-/m0/s1. The lowest BCUT2D eigenvalue weighted by molar-refractivity contribution is -0.156. The molecule has 0 amide bonds. The minimum absolute atomic E-state index is 0.146. The molecule has 1 N–H and O–H groups in total. The average molecular weight is 278 g/mol.